The normalized spacial score (nSPS) is 12.3. The number of aromatic nitrogens is 4. The highest BCUT2D eigenvalue weighted by molar-refractivity contribution is 8.00. The van der Waals surface area contributed by atoms with Crippen molar-refractivity contribution in [1.29, 1.82) is 0 Å². The van der Waals surface area contributed by atoms with Crippen LogP contribution in [0.25, 0.3) is 11.3 Å². The van der Waals surface area contributed by atoms with Gasteiger partial charge in [0.1, 0.15) is 0 Å². The molecule has 158 valence electrons. The molecular weight excluding hydrogens is 422 g/mol. The summed E-state index contributed by atoms with van der Waals surface area (Å²) < 4.78 is 29.4. The summed E-state index contributed by atoms with van der Waals surface area (Å²) in [5.74, 6) is -2.11. The summed E-state index contributed by atoms with van der Waals surface area (Å²) in [6, 6.07) is 8.75. The van der Waals surface area contributed by atoms with Crippen LogP contribution in [-0.2, 0) is 0 Å². The van der Waals surface area contributed by atoms with Gasteiger partial charge in [-0.3, -0.25) is 18.6 Å². The lowest BCUT2D eigenvalue weighted by Crippen LogP contribution is -2.20. The summed E-state index contributed by atoms with van der Waals surface area (Å²) in [5.41, 5.74) is 2.40. The first-order chi connectivity index (χ1) is 14.8. The van der Waals surface area contributed by atoms with Crippen LogP contribution in [0.5, 0.6) is 0 Å². The fraction of sp³-hybridized carbons (Fsp3) is 0.182. The number of aryl methyl sites for hydroxylation is 2. The van der Waals surface area contributed by atoms with Gasteiger partial charge in [-0.05, 0) is 50.1 Å². The predicted octanol–water partition coefficient (Wildman–Crippen LogP) is 4.14. The zero-order valence-corrected chi connectivity index (χ0v) is 17.8. The van der Waals surface area contributed by atoms with Gasteiger partial charge in [0.25, 0.3) is 0 Å². The molecule has 0 radical (unpaired) electrons. The van der Waals surface area contributed by atoms with E-state index in [1.807, 2.05) is 26.0 Å². The molecule has 0 N–H and O–H groups in total. The molecule has 0 aliphatic heterocycles. The van der Waals surface area contributed by atoms with Gasteiger partial charge in [-0.15, -0.1) is 10.2 Å². The highest BCUT2D eigenvalue weighted by Crippen LogP contribution is 2.25. The Bertz CT molecular complexity index is 1380. The van der Waals surface area contributed by atoms with Crippen LogP contribution in [0.4, 0.5) is 8.78 Å². The fourth-order valence-corrected chi connectivity index (χ4v) is 4.03. The maximum absolute atomic E-state index is 13.6. The molecule has 2 aromatic heterocycles. The minimum atomic E-state index is -1.05. The molecule has 2 aromatic carbocycles. The summed E-state index contributed by atoms with van der Waals surface area (Å²) in [4.78, 5) is 25.6. The van der Waals surface area contributed by atoms with E-state index in [1.54, 1.807) is 19.2 Å². The van der Waals surface area contributed by atoms with Gasteiger partial charge in [0, 0.05) is 24.0 Å². The van der Waals surface area contributed by atoms with E-state index in [0.717, 1.165) is 27.8 Å². The smallest absolute Gasteiger partial charge is 0.293 e. The van der Waals surface area contributed by atoms with Gasteiger partial charge in [-0.25, -0.2) is 8.78 Å². The summed E-state index contributed by atoms with van der Waals surface area (Å²) in [6.45, 7) is 5.71. The lowest BCUT2D eigenvalue weighted by molar-refractivity contribution is 0.0993. The lowest BCUT2D eigenvalue weighted by atomic mass is 10.0. The number of Topliss-reactive ketones (excluding diaryl/α,β-unsaturated/α-hetero) is 1. The van der Waals surface area contributed by atoms with E-state index in [9.17, 15) is 18.4 Å². The van der Waals surface area contributed by atoms with E-state index in [1.165, 1.54) is 28.4 Å². The van der Waals surface area contributed by atoms with Crippen LogP contribution < -0.4 is 5.56 Å². The Morgan fingerprint density at radius 2 is 1.77 bits per heavy atom. The Hall–Kier alpha value is -3.33. The first kappa shape index (κ1) is 20.9. The number of thioether (sulfide) groups is 1. The quantitative estimate of drug-likeness (QED) is 0.345. The number of carbonyl (C=O) groups is 1. The van der Waals surface area contributed by atoms with Crippen molar-refractivity contribution in [3.8, 4) is 5.69 Å². The van der Waals surface area contributed by atoms with Gasteiger partial charge in [-0.2, -0.15) is 0 Å². The van der Waals surface area contributed by atoms with E-state index in [2.05, 4.69) is 10.2 Å². The van der Waals surface area contributed by atoms with Gasteiger partial charge >= 0.3 is 5.56 Å². The summed E-state index contributed by atoms with van der Waals surface area (Å²) in [5, 5.41) is 7.91. The van der Waals surface area contributed by atoms with Crippen LogP contribution in [0.3, 0.4) is 0 Å². The van der Waals surface area contributed by atoms with Crippen LogP contribution in [0, 0.1) is 25.5 Å². The van der Waals surface area contributed by atoms with Crippen molar-refractivity contribution in [2.24, 2.45) is 0 Å². The molecule has 2 heterocycles. The van der Waals surface area contributed by atoms with Gasteiger partial charge in [0.15, 0.2) is 22.6 Å². The number of hydrogen-bond donors (Lipinski definition) is 0. The Labute approximate surface area is 180 Å². The van der Waals surface area contributed by atoms with E-state index in [-0.39, 0.29) is 17.1 Å². The summed E-state index contributed by atoms with van der Waals surface area (Å²) >= 11 is 1.19. The van der Waals surface area contributed by atoms with Crippen molar-refractivity contribution in [3.05, 3.63) is 87.5 Å². The van der Waals surface area contributed by atoms with Crippen LogP contribution >= 0.6 is 11.8 Å². The average Bonchev–Trinajstić information content (AvgIpc) is 3.15. The van der Waals surface area contributed by atoms with Crippen molar-refractivity contribution in [3.63, 3.8) is 0 Å². The van der Waals surface area contributed by atoms with Gasteiger partial charge < -0.3 is 0 Å². The average molecular weight is 440 g/mol. The number of hydrogen-bond acceptors (Lipinski definition) is 5. The molecule has 0 amide bonds. The third-order valence-electron chi connectivity index (χ3n) is 5.06. The third kappa shape index (κ3) is 3.88. The first-order valence-corrected chi connectivity index (χ1v) is 10.3. The second kappa shape index (κ2) is 8.07. The molecule has 0 aliphatic rings. The van der Waals surface area contributed by atoms with E-state index in [4.69, 9.17) is 0 Å². The number of nitrogens with zero attached hydrogens (tertiary/aromatic N) is 4. The number of benzene rings is 2. The molecule has 0 aliphatic carbocycles. The van der Waals surface area contributed by atoms with Crippen molar-refractivity contribution in [2.45, 2.75) is 31.2 Å². The van der Waals surface area contributed by atoms with Gasteiger partial charge in [0.05, 0.1) is 10.9 Å². The molecule has 0 spiro atoms. The van der Waals surface area contributed by atoms with Crippen LogP contribution in [0.2, 0.25) is 0 Å². The topological polar surface area (TPSA) is 69.3 Å². The molecule has 9 heteroatoms. The SMILES string of the molecule is Cc1ccc(C(=O)[C@H](C)Sc2nnc3c(=O)n(-c4ccc(F)c(F)c4)ccn23)cc1C. The molecule has 0 saturated carbocycles. The zero-order chi connectivity index (χ0) is 22.3. The molecule has 0 bridgehead atoms. The Morgan fingerprint density at radius 3 is 2.48 bits per heavy atom. The van der Waals surface area contributed by atoms with Crippen molar-refractivity contribution in [2.75, 3.05) is 0 Å². The fourth-order valence-electron chi connectivity index (χ4n) is 3.13. The maximum Gasteiger partial charge on any atom is 0.300 e. The molecule has 0 fully saturated rings. The zero-order valence-electron chi connectivity index (χ0n) is 17.0. The third-order valence-corrected chi connectivity index (χ3v) is 6.12. The first-order valence-electron chi connectivity index (χ1n) is 9.46. The highest BCUT2D eigenvalue weighted by Gasteiger charge is 2.21. The van der Waals surface area contributed by atoms with E-state index in [0.29, 0.717) is 10.7 Å². The monoisotopic (exact) mass is 440 g/mol. The minimum absolute atomic E-state index is 0.0144. The number of carbonyl (C=O) groups excluding carboxylic acids is 1. The van der Waals surface area contributed by atoms with Gasteiger partial charge in [0.2, 0.25) is 5.65 Å². The van der Waals surface area contributed by atoms with E-state index >= 15 is 0 Å². The maximum atomic E-state index is 13.6. The number of rotatable bonds is 5. The minimum Gasteiger partial charge on any atom is -0.293 e. The Balaban J connectivity index is 1.64. The number of fused-ring (bicyclic) bond motifs is 1. The Kier molecular flexibility index (Phi) is 5.45. The van der Waals surface area contributed by atoms with Crippen LogP contribution in [0.15, 0.2) is 58.7 Å². The molecule has 1 atom stereocenters. The molecule has 4 rings (SSSR count). The van der Waals surface area contributed by atoms with Crippen molar-refractivity contribution in [1.82, 2.24) is 19.2 Å². The largest absolute Gasteiger partial charge is 0.300 e. The standard InChI is InChI=1S/C22H18F2N4O2S/c1-12-4-5-15(10-13(12)2)19(29)14(3)31-22-26-25-20-21(30)27(8-9-28(20)22)16-6-7-17(23)18(24)11-16/h4-11,14H,1-3H3/t14-/m0/s1. The number of ketones is 1. The highest BCUT2D eigenvalue weighted by atomic mass is 32.2. The van der Waals surface area contributed by atoms with Crippen LogP contribution in [0.1, 0.15) is 28.4 Å². The number of halogens is 2. The van der Waals surface area contributed by atoms with Crippen molar-refractivity contribution >= 4 is 23.2 Å². The second-order valence-corrected chi connectivity index (χ2v) is 8.48. The lowest BCUT2D eigenvalue weighted by Gasteiger charge is -2.11. The van der Waals surface area contributed by atoms with Crippen molar-refractivity contribution < 1.29 is 13.6 Å². The molecule has 6 nitrogen and oxygen atoms in total. The summed E-state index contributed by atoms with van der Waals surface area (Å²) in [6.07, 6.45) is 2.97. The molecular formula is C22H18F2N4O2S. The van der Waals surface area contributed by atoms with E-state index < -0.39 is 22.4 Å². The van der Waals surface area contributed by atoms with Crippen LogP contribution in [-0.4, -0.2) is 30.2 Å². The molecule has 31 heavy (non-hydrogen) atoms. The predicted molar refractivity (Wildman–Crippen MR) is 114 cm³/mol. The molecule has 0 unspecified atom stereocenters. The molecule has 4 aromatic rings. The van der Waals surface area contributed by atoms with Gasteiger partial charge in [-0.1, -0.05) is 23.9 Å². The summed E-state index contributed by atoms with van der Waals surface area (Å²) in [7, 11) is 0. The second-order valence-electron chi connectivity index (χ2n) is 7.17. The Morgan fingerprint density at radius 1 is 1.00 bits per heavy atom. The molecule has 0 saturated heterocycles.